The van der Waals surface area contributed by atoms with Crippen LogP contribution >= 0.6 is 0 Å². The maximum absolute atomic E-state index is 6.01. The molecule has 1 N–H and O–H groups in total. The van der Waals surface area contributed by atoms with E-state index >= 15 is 0 Å². The summed E-state index contributed by atoms with van der Waals surface area (Å²) < 4.78 is 11.5. The second-order valence-corrected chi connectivity index (χ2v) is 6.26. The van der Waals surface area contributed by atoms with Gasteiger partial charge in [-0.15, -0.1) is 0 Å². The molecule has 2 heterocycles. The van der Waals surface area contributed by atoms with Crippen LogP contribution in [0.5, 0.6) is 5.75 Å². The zero-order chi connectivity index (χ0) is 16.8. The van der Waals surface area contributed by atoms with Gasteiger partial charge in [0.1, 0.15) is 23.2 Å². The van der Waals surface area contributed by atoms with Crippen LogP contribution in [0.15, 0.2) is 53.2 Å². The summed E-state index contributed by atoms with van der Waals surface area (Å²) in [5.41, 5.74) is 4.92. The molecule has 0 aliphatic heterocycles. The van der Waals surface area contributed by atoms with E-state index in [2.05, 4.69) is 21.4 Å². The van der Waals surface area contributed by atoms with Gasteiger partial charge in [0.25, 0.3) is 0 Å². The minimum Gasteiger partial charge on any atom is -0.496 e. The number of hydrogen-bond acceptors (Lipinski definition) is 5. The van der Waals surface area contributed by atoms with E-state index in [4.69, 9.17) is 9.15 Å². The molecule has 0 spiro atoms. The third-order valence-electron chi connectivity index (χ3n) is 4.92. The lowest BCUT2D eigenvalue weighted by Gasteiger charge is -2.15. The van der Waals surface area contributed by atoms with Crippen LogP contribution < -0.4 is 10.1 Å². The first kappa shape index (κ1) is 14.3. The third-order valence-corrected chi connectivity index (χ3v) is 4.92. The predicted molar refractivity (Wildman–Crippen MR) is 97.0 cm³/mol. The highest BCUT2D eigenvalue weighted by molar-refractivity contribution is 6.05. The van der Waals surface area contributed by atoms with Gasteiger partial charge < -0.3 is 14.5 Å². The van der Waals surface area contributed by atoms with Crippen molar-refractivity contribution in [2.24, 2.45) is 0 Å². The summed E-state index contributed by atoms with van der Waals surface area (Å²) in [4.78, 5) is 8.85. The van der Waals surface area contributed by atoms with Crippen molar-refractivity contribution in [3.63, 3.8) is 0 Å². The number of nitrogens with one attached hydrogen (secondary N) is 1. The lowest BCUT2D eigenvalue weighted by molar-refractivity contribution is 0.410. The largest absolute Gasteiger partial charge is 0.496 e. The summed E-state index contributed by atoms with van der Waals surface area (Å²) in [7, 11) is 1.72. The lowest BCUT2D eigenvalue weighted by Crippen LogP contribution is -2.08. The third kappa shape index (κ3) is 2.16. The molecule has 124 valence electrons. The quantitative estimate of drug-likeness (QED) is 0.599. The van der Waals surface area contributed by atoms with Crippen LogP contribution in [0.25, 0.3) is 22.1 Å². The van der Waals surface area contributed by atoms with Crippen molar-refractivity contribution in [1.82, 2.24) is 9.97 Å². The van der Waals surface area contributed by atoms with Gasteiger partial charge in [0.05, 0.1) is 13.2 Å². The second-order valence-electron chi connectivity index (χ2n) is 6.26. The molecule has 2 aromatic heterocycles. The van der Waals surface area contributed by atoms with E-state index in [1.165, 1.54) is 11.1 Å². The number of aromatic nitrogens is 2. The summed E-state index contributed by atoms with van der Waals surface area (Å²) in [6, 6.07) is 14.3. The average molecular weight is 331 g/mol. The number of anilines is 1. The Balaban J connectivity index is 1.58. The van der Waals surface area contributed by atoms with Crippen molar-refractivity contribution in [3.8, 4) is 5.75 Å². The fraction of sp³-hybridized carbons (Fsp3) is 0.200. The summed E-state index contributed by atoms with van der Waals surface area (Å²) >= 11 is 0. The van der Waals surface area contributed by atoms with Gasteiger partial charge in [-0.2, -0.15) is 0 Å². The molecule has 0 saturated heterocycles. The van der Waals surface area contributed by atoms with E-state index in [-0.39, 0.29) is 6.04 Å². The standard InChI is InChI=1S/C20H17N3O2/c1-24-16-8-4-6-12-13(16)9-10-15(12)23-20-19-18(21-11-22-20)14-5-2-3-7-17(14)25-19/h2-8,11,15H,9-10H2,1H3,(H,21,22,23). The molecule has 0 bridgehead atoms. The van der Waals surface area contributed by atoms with Crippen LogP contribution in [0, 0.1) is 0 Å². The van der Waals surface area contributed by atoms with E-state index in [1.807, 2.05) is 36.4 Å². The lowest BCUT2D eigenvalue weighted by atomic mass is 10.1. The fourth-order valence-electron chi connectivity index (χ4n) is 3.75. The Kier molecular flexibility index (Phi) is 3.13. The molecular formula is C20H17N3O2. The molecule has 0 saturated carbocycles. The summed E-state index contributed by atoms with van der Waals surface area (Å²) in [5.74, 6) is 1.69. The van der Waals surface area contributed by atoms with E-state index in [1.54, 1.807) is 13.4 Å². The molecular weight excluding hydrogens is 314 g/mol. The van der Waals surface area contributed by atoms with E-state index < -0.39 is 0 Å². The summed E-state index contributed by atoms with van der Waals surface area (Å²) in [5, 5.41) is 4.56. The highest BCUT2D eigenvalue weighted by Gasteiger charge is 2.26. The first-order chi connectivity index (χ1) is 12.3. The number of rotatable bonds is 3. The van der Waals surface area contributed by atoms with Crippen molar-refractivity contribution in [2.75, 3.05) is 12.4 Å². The highest BCUT2D eigenvalue weighted by atomic mass is 16.5. The highest BCUT2D eigenvalue weighted by Crippen LogP contribution is 2.40. The van der Waals surface area contributed by atoms with Crippen LogP contribution in [-0.2, 0) is 6.42 Å². The molecule has 1 atom stereocenters. The molecule has 5 rings (SSSR count). The van der Waals surface area contributed by atoms with Crippen LogP contribution in [0.3, 0.4) is 0 Å². The van der Waals surface area contributed by atoms with Gasteiger partial charge >= 0.3 is 0 Å². The Hall–Kier alpha value is -3.08. The van der Waals surface area contributed by atoms with Crippen LogP contribution in [-0.4, -0.2) is 17.1 Å². The minimum atomic E-state index is 0.191. The Bertz CT molecular complexity index is 1090. The van der Waals surface area contributed by atoms with Crippen molar-refractivity contribution in [1.29, 1.82) is 0 Å². The van der Waals surface area contributed by atoms with Crippen LogP contribution in [0.4, 0.5) is 5.82 Å². The molecule has 2 aromatic carbocycles. The molecule has 25 heavy (non-hydrogen) atoms. The number of benzene rings is 2. The van der Waals surface area contributed by atoms with Gasteiger partial charge in [0, 0.05) is 5.39 Å². The van der Waals surface area contributed by atoms with Crippen LogP contribution in [0.1, 0.15) is 23.6 Å². The van der Waals surface area contributed by atoms with E-state index in [0.717, 1.165) is 40.9 Å². The Morgan fingerprint density at radius 2 is 2.04 bits per heavy atom. The van der Waals surface area contributed by atoms with Gasteiger partial charge in [-0.05, 0) is 42.2 Å². The predicted octanol–water partition coefficient (Wildman–Crippen LogP) is 4.48. The number of hydrogen-bond donors (Lipinski definition) is 1. The monoisotopic (exact) mass is 331 g/mol. The van der Waals surface area contributed by atoms with Crippen molar-refractivity contribution in [2.45, 2.75) is 18.9 Å². The normalized spacial score (nSPS) is 16.3. The zero-order valence-electron chi connectivity index (χ0n) is 13.8. The van der Waals surface area contributed by atoms with Crippen LogP contribution in [0.2, 0.25) is 0 Å². The number of fused-ring (bicyclic) bond motifs is 4. The minimum absolute atomic E-state index is 0.191. The molecule has 1 aliphatic carbocycles. The number of para-hydroxylation sites is 1. The van der Waals surface area contributed by atoms with Gasteiger partial charge in [-0.3, -0.25) is 0 Å². The van der Waals surface area contributed by atoms with E-state index in [0.29, 0.717) is 5.58 Å². The summed E-state index contributed by atoms with van der Waals surface area (Å²) in [6.07, 6.45) is 3.58. The average Bonchev–Trinajstić information content (AvgIpc) is 3.24. The smallest absolute Gasteiger partial charge is 0.196 e. The Labute approximate surface area is 144 Å². The first-order valence-corrected chi connectivity index (χ1v) is 8.39. The number of ether oxygens (including phenoxy) is 1. The molecule has 1 unspecified atom stereocenters. The van der Waals surface area contributed by atoms with Crippen molar-refractivity contribution >= 4 is 27.9 Å². The van der Waals surface area contributed by atoms with E-state index in [9.17, 15) is 0 Å². The topological polar surface area (TPSA) is 60.2 Å². The molecule has 0 radical (unpaired) electrons. The first-order valence-electron chi connectivity index (χ1n) is 8.39. The maximum Gasteiger partial charge on any atom is 0.196 e. The number of furan rings is 1. The van der Waals surface area contributed by atoms with Gasteiger partial charge in [0.2, 0.25) is 0 Å². The molecule has 1 aliphatic rings. The van der Waals surface area contributed by atoms with Gasteiger partial charge in [-0.1, -0.05) is 24.3 Å². The van der Waals surface area contributed by atoms with Gasteiger partial charge in [0.15, 0.2) is 11.4 Å². The molecule has 0 fully saturated rings. The molecule has 0 amide bonds. The van der Waals surface area contributed by atoms with Gasteiger partial charge in [-0.25, -0.2) is 9.97 Å². The fourth-order valence-corrected chi connectivity index (χ4v) is 3.75. The molecule has 5 nitrogen and oxygen atoms in total. The Morgan fingerprint density at radius 1 is 1.12 bits per heavy atom. The van der Waals surface area contributed by atoms with Crippen molar-refractivity contribution < 1.29 is 9.15 Å². The SMILES string of the molecule is COc1cccc2c1CCC2Nc1ncnc2c1oc1ccccc12. The summed E-state index contributed by atoms with van der Waals surface area (Å²) in [6.45, 7) is 0. The maximum atomic E-state index is 6.01. The number of methoxy groups -OCH3 is 1. The van der Waals surface area contributed by atoms with Crippen molar-refractivity contribution in [3.05, 3.63) is 59.9 Å². The molecule has 4 aromatic rings. The second kappa shape index (κ2) is 5.48. The number of nitrogens with zero attached hydrogens (tertiary/aromatic N) is 2. The zero-order valence-corrected chi connectivity index (χ0v) is 13.8. The Morgan fingerprint density at radius 3 is 2.96 bits per heavy atom. The molecule has 5 heteroatoms.